The predicted octanol–water partition coefficient (Wildman–Crippen LogP) is 3.65. The van der Waals surface area contributed by atoms with Crippen molar-refractivity contribution in [2.24, 2.45) is 11.8 Å². The third-order valence-corrected chi connectivity index (χ3v) is 4.68. The topological polar surface area (TPSA) is 83.8 Å². The van der Waals surface area contributed by atoms with Gasteiger partial charge in [0.1, 0.15) is 34.8 Å². The van der Waals surface area contributed by atoms with Crippen molar-refractivity contribution in [2.45, 2.75) is 26.4 Å². The van der Waals surface area contributed by atoms with Crippen LogP contribution in [0.1, 0.15) is 42.3 Å². The van der Waals surface area contributed by atoms with Crippen LogP contribution in [0.15, 0.2) is 42.5 Å². The Balaban J connectivity index is 2.15. The minimum atomic E-state index is -1.03. The molecule has 0 saturated carbocycles. The molecule has 0 fully saturated rings. The fraction of sp³-hybridized carbons (Fsp3) is 0.300. The Bertz CT molecular complexity index is 812. The molecule has 1 aliphatic rings. The van der Waals surface area contributed by atoms with Gasteiger partial charge >= 0.3 is 0 Å². The first-order chi connectivity index (χ1) is 11.9. The van der Waals surface area contributed by atoms with Crippen molar-refractivity contribution in [3.05, 3.63) is 53.6 Å². The minimum absolute atomic E-state index is 0.0494. The van der Waals surface area contributed by atoms with Gasteiger partial charge in [-0.05, 0) is 12.0 Å². The van der Waals surface area contributed by atoms with Crippen molar-refractivity contribution in [2.75, 3.05) is 0 Å². The summed E-state index contributed by atoms with van der Waals surface area (Å²) in [5.74, 6) is -2.51. The summed E-state index contributed by atoms with van der Waals surface area (Å²) in [7, 11) is 0. The average Bonchev–Trinajstić information content (AvgIpc) is 2.60. The van der Waals surface area contributed by atoms with Crippen LogP contribution in [0.25, 0.3) is 0 Å². The van der Waals surface area contributed by atoms with Crippen LogP contribution in [0.5, 0.6) is 17.2 Å². The number of rotatable bonds is 4. The van der Waals surface area contributed by atoms with Crippen molar-refractivity contribution >= 4 is 11.6 Å². The molecule has 3 rings (SSSR count). The lowest BCUT2D eigenvalue weighted by Crippen LogP contribution is -2.39. The molecule has 0 radical (unpaired) electrons. The van der Waals surface area contributed by atoms with Crippen LogP contribution < -0.4 is 4.74 Å². The van der Waals surface area contributed by atoms with E-state index in [2.05, 4.69) is 0 Å². The van der Waals surface area contributed by atoms with Gasteiger partial charge in [0.25, 0.3) is 0 Å². The number of benzene rings is 2. The number of phenolic OH excluding ortho intramolecular Hbond substituents is 2. The van der Waals surface area contributed by atoms with Gasteiger partial charge in [-0.25, -0.2) is 0 Å². The van der Waals surface area contributed by atoms with Crippen LogP contribution >= 0.6 is 0 Å². The zero-order valence-corrected chi connectivity index (χ0v) is 14.1. The quantitative estimate of drug-likeness (QED) is 0.830. The van der Waals surface area contributed by atoms with Crippen molar-refractivity contribution in [1.29, 1.82) is 0 Å². The minimum Gasteiger partial charge on any atom is -0.508 e. The molecule has 25 heavy (non-hydrogen) atoms. The van der Waals surface area contributed by atoms with E-state index in [9.17, 15) is 19.8 Å². The van der Waals surface area contributed by atoms with Gasteiger partial charge in [0.2, 0.25) is 0 Å². The van der Waals surface area contributed by atoms with Gasteiger partial charge in [-0.2, -0.15) is 0 Å². The van der Waals surface area contributed by atoms with Crippen LogP contribution in [0.3, 0.4) is 0 Å². The Labute approximate surface area is 145 Å². The van der Waals surface area contributed by atoms with E-state index in [1.165, 1.54) is 6.07 Å². The van der Waals surface area contributed by atoms with Crippen LogP contribution in [0.2, 0.25) is 0 Å². The molecule has 2 aromatic carbocycles. The summed E-state index contributed by atoms with van der Waals surface area (Å²) in [5, 5.41) is 19.8. The molecule has 2 aromatic rings. The number of hydrogen-bond acceptors (Lipinski definition) is 5. The SMILES string of the molecule is CC[C@H](C)C(=O)[C@@H]1C(=O)c2c(O)cc(O)cc2O[C@H]1c1ccccc1. The van der Waals surface area contributed by atoms with E-state index >= 15 is 0 Å². The van der Waals surface area contributed by atoms with Crippen LogP contribution in [0, 0.1) is 11.8 Å². The molecular formula is C20H20O5. The van der Waals surface area contributed by atoms with Crippen LogP contribution in [-0.4, -0.2) is 21.8 Å². The molecule has 0 saturated heterocycles. The Morgan fingerprint density at radius 3 is 2.52 bits per heavy atom. The first-order valence-corrected chi connectivity index (χ1v) is 8.29. The van der Waals surface area contributed by atoms with E-state index in [-0.39, 0.29) is 34.5 Å². The van der Waals surface area contributed by atoms with Crippen molar-refractivity contribution < 1.29 is 24.5 Å². The number of Topliss-reactive ketones (excluding diaryl/α,β-unsaturated/α-hetero) is 2. The summed E-state index contributed by atoms with van der Waals surface area (Å²) in [5.41, 5.74) is 0.651. The summed E-state index contributed by atoms with van der Waals surface area (Å²) in [6.07, 6.45) is -0.178. The second-order valence-electron chi connectivity index (χ2n) is 6.34. The Morgan fingerprint density at radius 1 is 1.20 bits per heavy atom. The van der Waals surface area contributed by atoms with Gasteiger partial charge in [-0.15, -0.1) is 0 Å². The fourth-order valence-electron chi connectivity index (χ4n) is 3.11. The molecule has 3 atom stereocenters. The number of phenols is 2. The van der Waals surface area contributed by atoms with Crippen LogP contribution in [-0.2, 0) is 4.79 Å². The molecular weight excluding hydrogens is 320 g/mol. The van der Waals surface area contributed by atoms with E-state index in [4.69, 9.17) is 4.74 Å². The standard InChI is InChI=1S/C20H20O5/c1-3-11(2)18(23)17-19(24)16-14(22)9-13(21)10-15(16)25-20(17)12-7-5-4-6-8-12/h4-11,17,20-22H,3H2,1-2H3/t11-,17+,20-/m0/s1. The smallest absolute Gasteiger partial charge is 0.184 e. The number of carbonyl (C=O) groups excluding carboxylic acids is 2. The maximum Gasteiger partial charge on any atom is 0.184 e. The van der Waals surface area contributed by atoms with Gasteiger partial charge in [0.05, 0.1) is 0 Å². The fourth-order valence-corrected chi connectivity index (χ4v) is 3.11. The predicted molar refractivity (Wildman–Crippen MR) is 91.9 cm³/mol. The lowest BCUT2D eigenvalue weighted by atomic mass is 9.78. The zero-order chi connectivity index (χ0) is 18.1. The lowest BCUT2D eigenvalue weighted by Gasteiger charge is -2.33. The highest BCUT2D eigenvalue weighted by molar-refractivity contribution is 6.15. The highest BCUT2D eigenvalue weighted by Gasteiger charge is 2.45. The Kier molecular flexibility index (Phi) is 4.49. The third-order valence-electron chi connectivity index (χ3n) is 4.68. The molecule has 5 nitrogen and oxygen atoms in total. The van der Waals surface area contributed by atoms with Gasteiger partial charge < -0.3 is 14.9 Å². The molecule has 0 bridgehead atoms. The highest BCUT2D eigenvalue weighted by Crippen LogP contribution is 2.45. The van der Waals surface area contributed by atoms with Gasteiger partial charge in [-0.3, -0.25) is 9.59 Å². The van der Waals surface area contributed by atoms with Gasteiger partial charge in [-0.1, -0.05) is 44.2 Å². The first-order valence-electron chi connectivity index (χ1n) is 8.29. The molecule has 1 heterocycles. The molecule has 0 aromatic heterocycles. The summed E-state index contributed by atoms with van der Waals surface area (Å²) in [6, 6.07) is 11.4. The number of fused-ring (bicyclic) bond motifs is 1. The lowest BCUT2D eigenvalue weighted by molar-refractivity contribution is -0.127. The van der Waals surface area contributed by atoms with Gasteiger partial charge in [0, 0.05) is 18.1 Å². The van der Waals surface area contributed by atoms with E-state index in [0.717, 1.165) is 6.07 Å². The van der Waals surface area contributed by atoms with E-state index in [1.807, 2.05) is 25.1 Å². The van der Waals surface area contributed by atoms with E-state index in [1.54, 1.807) is 19.1 Å². The molecule has 0 amide bonds. The third kappa shape index (κ3) is 2.97. The first kappa shape index (κ1) is 17.0. The zero-order valence-electron chi connectivity index (χ0n) is 14.1. The maximum atomic E-state index is 13.1. The largest absolute Gasteiger partial charge is 0.508 e. The second kappa shape index (κ2) is 6.59. The van der Waals surface area contributed by atoms with Crippen molar-refractivity contribution in [1.82, 2.24) is 0 Å². The highest BCUT2D eigenvalue weighted by atomic mass is 16.5. The number of carbonyl (C=O) groups is 2. The number of aromatic hydroxyl groups is 2. The molecule has 2 N–H and O–H groups in total. The molecule has 130 valence electrons. The summed E-state index contributed by atoms with van der Waals surface area (Å²) >= 11 is 0. The molecule has 0 spiro atoms. The summed E-state index contributed by atoms with van der Waals surface area (Å²) in [4.78, 5) is 25.9. The second-order valence-corrected chi connectivity index (χ2v) is 6.34. The van der Waals surface area contributed by atoms with Crippen molar-refractivity contribution in [3.63, 3.8) is 0 Å². The molecule has 0 unspecified atom stereocenters. The molecule has 1 aliphatic heterocycles. The summed E-state index contributed by atoms with van der Waals surface area (Å²) in [6.45, 7) is 3.67. The molecule has 0 aliphatic carbocycles. The number of ketones is 2. The monoisotopic (exact) mass is 340 g/mol. The van der Waals surface area contributed by atoms with Gasteiger partial charge in [0.15, 0.2) is 11.6 Å². The van der Waals surface area contributed by atoms with Crippen LogP contribution in [0.4, 0.5) is 0 Å². The maximum absolute atomic E-state index is 13.1. The Morgan fingerprint density at radius 2 is 1.88 bits per heavy atom. The Hall–Kier alpha value is -2.82. The van der Waals surface area contributed by atoms with E-state index in [0.29, 0.717) is 12.0 Å². The summed E-state index contributed by atoms with van der Waals surface area (Å²) < 4.78 is 5.92. The average molecular weight is 340 g/mol. The van der Waals surface area contributed by atoms with E-state index < -0.39 is 17.8 Å². The molecule has 5 heteroatoms. The normalized spacial score (nSPS) is 20.5. The van der Waals surface area contributed by atoms with Crippen molar-refractivity contribution in [3.8, 4) is 17.2 Å². The number of ether oxygens (including phenoxy) is 1. The number of hydrogen-bond donors (Lipinski definition) is 2.